The molecule has 0 saturated heterocycles. The molecule has 0 aromatic rings. The topological polar surface area (TPSA) is 30.5 Å². The standard InChI is InChI=1S/C3H9NO2S/c1-5-4-3-7-6-2/h4H,3H2,1-2H3. The lowest BCUT2D eigenvalue weighted by atomic mass is 11.5. The Bertz CT molecular complexity index is 32.1. The molecule has 3 nitrogen and oxygen atoms in total. The van der Waals surface area contributed by atoms with Gasteiger partial charge in [-0.1, -0.05) is 0 Å². The molecule has 0 fully saturated rings. The van der Waals surface area contributed by atoms with Crippen LogP contribution in [-0.4, -0.2) is 20.1 Å². The predicted octanol–water partition coefficient (Wildman–Crippen LogP) is 0.389. The largest absolute Gasteiger partial charge is 0.317 e. The van der Waals surface area contributed by atoms with Crippen molar-refractivity contribution >= 4 is 12.0 Å². The van der Waals surface area contributed by atoms with E-state index >= 15 is 0 Å². The van der Waals surface area contributed by atoms with Gasteiger partial charge in [-0.3, -0.25) is 0 Å². The SMILES string of the molecule is CONCSOC. The van der Waals surface area contributed by atoms with Gasteiger partial charge in [-0.05, 0) is 0 Å². The predicted molar refractivity (Wildman–Crippen MR) is 29.6 cm³/mol. The van der Waals surface area contributed by atoms with E-state index in [9.17, 15) is 0 Å². The molecule has 0 amide bonds. The van der Waals surface area contributed by atoms with E-state index < -0.39 is 0 Å². The van der Waals surface area contributed by atoms with Gasteiger partial charge < -0.3 is 9.02 Å². The van der Waals surface area contributed by atoms with E-state index in [0.29, 0.717) is 5.88 Å². The monoisotopic (exact) mass is 123 g/mol. The molecule has 0 unspecified atom stereocenters. The first-order chi connectivity index (χ1) is 3.41. The summed E-state index contributed by atoms with van der Waals surface area (Å²) in [5.41, 5.74) is 2.59. The molecule has 0 heterocycles. The summed E-state index contributed by atoms with van der Waals surface area (Å²) >= 11 is 1.30. The van der Waals surface area contributed by atoms with Gasteiger partial charge in [0.1, 0.15) is 0 Å². The number of nitrogens with one attached hydrogen (secondary N) is 1. The van der Waals surface area contributed by atoms with E-state index in [1.54, 1.807) is 14.2 Å². The number of hydrogen-bond donors (Lipinski definition) is 1. The summed E-state index contributed by atoms with van der Waals surface area (Å²) in [6, 6.07) is 0. The summed E-state index contributed by atoms with van der Waals surface area (Å²) in [4.78, 5) is 4.49. The van der Waals surface area contributed by atoms with Gasteiger partial charge in [-0.2, -0.15) is 5.48 Å². The minimum atomic E-state index is 0.660. The summed E-state index contributed by atoms with van der Waals surface area (Å²) < 4.78 is 4.62. The van der Waals surface area contributed by atoms with E-state index in [1.807, 2.05) is 0 Å². The minimum Gasteiger partial charge on any atom is -0.317 e. The van der Waals surface area contributed by atoms with Gasteiger partial charge in [0.2, 0.25) is 0 Å². The fourth-order valence-corrected chi connectivity index (χ4v) is 0.426. The van der Waals surface area contributed by atoms with Crippen molar-refractivity contribution in [1.29, 1.82) is 0 Å². The molecule has 0 rings (SSSR count). The molecular formula is C3H9NO2S. The highest BCUT2D eigenvalue weighted by atomic mass is 32.2. The van der Waals surface area contributed by atoms with E-state index in [4.69, 9.17) is 0 Å². The first-order valence-corrected chi connectivity index (χ1v) is 2.74. The smallest absolute Gasteiger partial charge is 0.0929 e. The van der Waals surface area contributed by atoms with Gasteiger partial charge in [0.25, 0.3) is 0 Å². The van der Waals surface area contributed by atoms with Gasteiger partial charge >= 0.3 is 0 Å². The average molecular weight is 123 g/mol. The fraction of sp³-hybridized carbons (Fsp3) is 1.00. The van der Waals surface area contributed by atoms with Crippen LogP contribution in [0.5, 0.6) is 0 Å². The Hall–Kier alpha value is 0.230. The Labute approximate surface area is 47.5 Å². The highest BCUT2D eigenvalue weighted by molar-refractivity contribution is 7.94. The van der Waals surface area contributed by atoms with Gasteiger partial charge in [0.15, 0.2) is 0 Å². The van der Waals surface area contributed by atoms with Crippen LogP contribution >= 0.6 is 12.0 Å². The maximum Gasteiger partial charge on any atom is 0.0929 e. The second-order valence-electron chi connectivity index (χ2n) is 0.777. The van der Waals surface area contributed by atoms with Gasteiger partial charge in [0.05, 0.1) is 20.1 Å². The second-order valence-corrected chi connectivity index (χ2v) is 1.64. The van der Waals surface area contributed by atoms with Crippen molar-refractivity contribution in [2.75, 3.05) is 20.1 Å². The third kappa shape index (κ3) is 6.23. The first kappa shape index (κ1) is 7.23. The third-order valence-corrected chi connectivity index (χ3v) is 0.851. The molecule has 0 radical (unpaired) electrons. The van der Waals surface area contributed by atoms with Crippen LogP contribution in [0.1, 0.15) is 0 Å². The molecule has 4 heteroatoms. The molecular weight excluding hydrogens is 114 g/mol. The fourth-order valence-electron chi connectivity index (χ4n) is 0.142. The van der Waals surface area contributed by atoms with Crippen LogP contribution in [-0.2, 0) is 9.02 Å². The number of hydroxylamine groups is 1. The molecule has 0 aliphatic carbocycles. The molecule has 0 spiro atoms. The molecule has 7 heavy (non-hydrogen) atoms. The molecule has 0 aromatic carbocycles. The number of hydrogen-bond acceptors (Lipinski definition) is 4. The van der Waals surface area contributed by atoms with Crippen molar-refractivity contribution < 1.29 is 9.02 Å². The summed E-state index contributed by atoms with van der Waals surface area (Å²) in [7, 11) is 3.18. The van der Waals surface area contributed by atoms with Crippen molar-refractivity contribution in [3.05, 3.63) is 0 Å². The highest BCUT2D eigenvalue weighted by Gasteiger charge is 1.78. The average Bonchev–Trinajstić information content (AvgIpc) is 1.69. The van der Waals surface area contributed by atoms with Crippen LogP contribution in [0.4, 0.5) is 0 Å². The lowest BCUT2D eigenvalue weighted by Crippen LogP contribution is -2.09. The maximum atomic E-state index is 4.62. The Kier molecular flexibility index (Phi) is 6.43. The third-order valence-electron chi connectivity index (χ3n) is 0.380. The van der Waals surface area contributed by atoms with Crippen molar-refractivity contribution in [2.45, 2.75) is 0 Å². The zero-order chi connectivity index (χ0) is 5.54. The van der Waals surface area contributed by atoms with Crippen LogP contribution in [0.2, 0.25) is 0 Å². The maximum absolute atomic E-state index is 4.62. The van der Waals surface area contributed by atoms with Crippen LogP contribution in [0.15, 0.2) is 0 Å². The van der Waals surface area contributed by atoms with Crippen LogP contribution in [0.3, 0.4) is 0 Å². The summed E-state index contributed by atoms with van der Waals surface area (Å²) in [6.45, 7) is 0. The zero-order valence-electron chi connectivity index (χ0n) is 4.43. The number of rotatable bonds is 4. The summed E-state index contributed by atoms with van der Waals surface area (Å²) in [5.74, 6) is 0.660. The molecule has 0 saturated carbocycles. The van der Waals surface area contributed by atoms with Crippen molar-refractivity contribution in [3.8, 4) is 0 Å². The first-order valence-electron chi connectivity index (χ1n) is 1.83. The molecule has 44 valence electrons. The highest BCUT2D eigenvalue weighted by Crippen LogP contribution is 1.93. The Balaban J connectivity index is 2.45. The Morgan fingerprint density at radius 1 is 1.57 bits per heavy atom. The second kappa shape index (κ2) is 6.23. The Morgan fingerprint density at radius 2 is 2.29 bits per heavy atom. The molecule has 1 N–H and O–H groups in total. The van der Waals surface area contributed by atoms with Crippen LogP contribution in [0.25, 0.3) is 0 Å². The molecule has 0 aromatic heterocycles. The molecule has 0 aliphatic rings. The molecule has 0 bridgehead atoms. The Morgan fingerprint density at radius 3 is 2.71 bits per heavy atom. The van der Waals surface area contributed by atoms with E-state index in [1.165, 1.54) is 12.0 Å². The quantitative estimate of drug-likeness (QED) is 0.253. The van der Waals surface area contributed by atoms with Crippen molar-refractivity contribution in [2.24, 2.45) is 0 Å². The van der Waals surface area contributed by atoms with Crippen LogP contribution in [0, 0.1) is 0 Å². The van der Waals surface area contributed by atoms with Gasteiger partial charge in [-0.25, -0.2) is 0 Å². The van der Waals surface area contributed by atoms with Crippen molar-refractivity contribution in [1.82, 2.24) is 5.48 Å². The van der Waals surface area contributed by atoms with Crippen molar-refractivity contribution in [3.63, 3.8) is 0 Å². The lowest BCUT2D eigenvalue weighted by Gasteiger charge is -1.95. The molecule has 0 atom stereocenters. The van der Waals surface area contributed by atoms with Crippen LogP contribution < -0.4 is 5.48 Å². The van der Waals surface area contributed by atoms with E-state index in [0.717, 1.165) is 0 Å². The summed E-state index contributed by atoms with van der Waals surface area (Å²) in [6.07, 6.45) is 0. The van der Waals surface area contributed by atoms with E-state index in [-0.39, 0.29) is 0 Å². The summed E-state index contributed by atoms with van der Waals surface area (Å²) in [5, 5.41) is 0. The molecule has 0 aliphatic heterocycles. The lowest BCUT2D eigenvalue weighted by molar-refractivity contribution is 0.106. The van der Waals surface area contributed by atoms with Gasteiger partial charge in [-0.15, -0.1) is 0 Å². The van der Waals surface area contributed by atoms with E-state index in [2.05, 4.69) is 14.5 Å². The van der Waals surface area contributed by atoms with Gasteiger partial charge in [0, 0.05) is 12.0 Å². The normalized spacial score (nSPS) is 9.43. The minimum absolute atomic E-state index is 0.660. The zero-order valence-corrected chi connectivity index (χ0v) is 5.25.